The average molecular weight is 333 g/mol. The van der Waals surface area contributed by atoms with Crippen LogP contribution in [0.15, 0.2) is 24.3 Å². The van der Waals surface area contributed by atoms with E-state index in [1.165, 1.54) is 5.56 Å². The summed E-state index contributed by atoms with van der Waals surface area (Å²) >= 11 is 0. The predicted octanol–water partition coefficient (Wildman–Crippen LogP) is 2.74. The number of carboxylic acids is 1. The van der Waals surface area contributed by atoms with Crippen LogP contribution in [-0.4, -0.2) is 36.7 Å². The van der Waals surface area contributed by atoms with Gasteiger partial charge in [0.15, 0.2) is 0 Å². The fourth-order valence-corrected chi connectivity index (χ4v) is 2.91. The summed E-state index contributed by atoms with van der Waals surface area (Å²) in [6.45, 7) is 5.35. The molecule has 0 aromatic heterocycles. The molecule has 0 bridgehead atoms. The first kappa shape index (κ1) is 18.5. The van der Waals surface area contributed by atoms with Crippen LogP contribution in [0.5, 0.6) is 0 Å². The van der Waals surface area contributed by atoms with Crippen molar-refractivity contribution < 1.29 is 19.4 Å². The molecule has 132 valence electrons. The van der Waals surface area contributed by atoms with Gasteiger partial charge >= 0.3 is 5.97 Å². The molecule has 5 nitrogen and oxygen atoms in total. The number of ether oxygens (including phenoxy) is 1. The van der Waals surface area contributed by atoms with Gasteiger partial charge in [-0.05, 0) is 36.3 Å². The van der Waals surface area contributed by atoms with E-state index in [2.05, 4.69) is 43.4 Å². The van der Waals surface area contributed by atoms with Gasteiger partial charge in [0.1, 0.15) is 0 Å². The fraction of sp³-hybridized carbons (Fsp3) is 0.579. The number of carbonyl (C=O) groups is 2. The smallest absolute Gasteiger partial charge is 0.311 e. The molecule has 2 N–H and O–H groups in total. The maximum atomic E-state index is 12.1. The highest BCUT2D eigenvalue weighted by atomic mass is 16.5. The van der Waals surface area contributed by atoms with E-state index < -0.39 is 11.4 Å². The molecule has 1 aromatic carbocycles. The molecule has 2 rings (SSSR count). The van der Waals surface area contributed by atoms with E-state index in [0.717, 1.165) is 5.56 Å². The van der Waals surface area contributed by atoms with Crippen molar-refractivity contribution in [3.63, 3.8) is 0 Å². The van der Waals surface area contributed by atoms with Gasteiger partial charge in [0.2, 0.25) is 5.91 Å². The van der Waals surface area contributed by atoms with E-state index in [1.54, 1.807) is 0 Å². The van der Waals surface area contributed by atoms with Crippen LogP contribution in [-0.2, 0) is 20.7 Å². The zero-order valence-electron chi connectivity index (χ0n) is 14.5. The molecule has 0 atom stereocenters. The summed E-state index contributed by atoms with van der Waals surface area (Å²) in [6, 6.07) is 8.30. The molecule has 0 radical (unpaired) electrons. The van der Waals surface area contributed by atoms with Gasteiger partial charge in [0, 0.05) is 26.2 Å². The summed E-state index contributed by atoms with van der Waals surface area (Å²) in [5, 5.41) is 12.3. The molecule has 1 amide bonds. The second kappa shape index (κ2) is 8.29. The Morgan fingerprint density at radius 1 is 1.21 bits per heavy atom. The fourth-order valence-electron chi connectivity index (χ4n) is 2.91. The molecule has 1 aromatic rings. The van der Waals surface area contributed by atoms with Gasteiger partial charge in [-0.2, -0.15) is 0 Å². The quantitative estimate of drug-likeness (QED) is 0.804. The standard InChI is InChI=1S/C19H27NO4/c1-14(2)16-6-3-15(4-7-16)5-8-17(21)20-13-19(18(22)23)9-11-24-12-10-19/h3-4,6-7,14H,5,8-13H2,1-2H3,(H,20,21)(H,22,23). The van der Waals surface area contributed by atoms with E-state index in [1.807, 2.05) is 0 Å². The summed E-state index contributed by atoms with van der Waals surface area (Å²) < 4.78 is 5.24. The van der Waals surface area contributed by atoms with E-state index in [4.69, 9.17) is 4.74 Å². The highest BCUT2D eigenvalue weighted by Gasteiger charge is 2.40. The van der Waals surface area contributed by atoms with Crippen LogP contribution in [0.2, 0.25) is 0 Å². The van der Waals surface area contributed by atoms with Crippen LogP contribution in [0.25, 0.3) is 0 Å². The summed E-state index contributed by atoms with van der Waals surface area (Å²) in [4.78, 5) is 23.6. The highest BCUT2D eigenvalue weighted by molar-refractivity contribution is 5.79. The van der Waals surface area contributed by atoms with Crippen molar-refractivity contribution in [3.8, 4) is 0 Å². The number of benzene rings is 1. The van der Waals surface area contributed by atoms with Crippen LogP contribution in [0.4, 0.5) is 0 Å². The third-order valence-electron chi connectivity index (χ3n) is 4.81. The molecule has 1 aliphatic rings. The third-order valence-corrected chi connectivity index (χ3v) is 4.81. The molecule has 0 unspecified atom stereocenters. The minimum absolute atomic E-state index is 0.102. The molecular formula is C19H27NO4. The maximum absolute atomic E-state index is 12.1. The molecule has 1 aliphatic heterocycles. The van der Waals surface area contributed by atoms with E-state index in [9.17, 15) is 14.7 Å². The predicted molar refractivity (Wildman–Crippen MR) is 92.0 cm³/mol. The second-order valence-corrected chi connectivity index (χ2v) is 6.87. The topological polar surface area (TPSA) is 75.6 Å². The Morgan fingerprint density at radius 3 is 2.38 bits per heavy atom. The van der Waals surface area contributed by atoms with E-state index in [0.29, 0.717) is 44.8 Å². The Morgan fingerprint density at radius 2 is 1.83 bits per heavy atom. The van der Waals surface area contributed by atoms with Crippen molar-refractivity contribution in [2.75, 3.05) is 19.8 Å². The Bertz CT molecular complexity index is 559. The maximum Gasteiger partial charge on any atom is 0.311 e. The zero-order chi connectivity index (χ0) is 17.6. The van der Waals surface area contributed by atoms with E-state index >= 15 is 0 Å². The lowest BCUT2D eigenvalue weighted by Crippen LogP contribution is -2.46. The largest absolute Gasteiger partial charge is 0.481 e. The number of aryl methyl sites for hydroxylation is 1. The van der Waals surface area contributed by atoms with Crippen LogP contribution < -0.4 is 5.32 Å². The Balaban J connectivity index is 1.81. The summed E-state index contributed by atoms with van der Waals surface area (Å²) in [7, 11) is 0. The van der Waals surface area contributed by atoms with Gasteiger partial charge in [-0.15, -0.1) is 0 Å². The number of hydrogen-bond acceptors (Lipinski definition) is 3. The number of amides is 1. The van der Waals surface area contributed by atoms with Gasteiger partial charge < -0.3 is 15.2 Å². The average Bonchev–Trinajstić information content (AvgIpc) is 2.59. The second-order valence-electron chi connectivity index (χ2n) is 6.87. The SMILES string of the molecule is CC(C)c1ccc(CCC(=O)NCC2(C(=O)O)CCOCC2)cc1. The lowest BCUT2D eigenvalue weighted by molar-refractivity contribution is -0.154. The highest BCUT2D eigenvalue weighted by Crippen LogP contribution is 2.30. The molecule has 0 aliphatic carbocycles. The molecule has 24 heavy (non-hydrogen) atoms. The molecular weight excluding hydrogens is 306 g/mol. The van der Waals surface area contributed by atoms with Crippen molar-refractivity contribution in [2.45, 2.75) is 45.4 Å². The first-order valence-corrected chi connectivity index (χ1v) is 8.60. The molecule has 1 fully saturated rings. The Hall–Kier alpha value is -1.88. The molecule has 0 spiro atoms. The molecule has 1 saturated heterocycles. The van der Waals surface area contributed by atoms with Gasteiger partial charge in [0.05, 0.1) is 5.41 Å². The Kier molecular flexibility index (Phi) is 6.37. The van der Waals surface area contributed by atoms with Gasteiger partial charge in [0.25, 0.3) is 0 Å². The minimum Gasteiger partial charge on any atom is -0.481 e. The first-order valence-electron chi connectivity index (χ1n) is 8.60. The van der Waals surface area contributed by atoms with Crippen molar-refractivity contribution >= 4 is 11.9 Å². The van der Waals surface area contributed by atoms with Gasteiger partial charge in [-0.3, -0.25) is 9.59 Å². The monoisotopic (exact) mass is 333 g/mol. The summed E-state index contributed by atoms with van der Waals surface area (Å²) in [6.07, 6.45) is 1.92. The number of carboxylic acid groups (broad SMARTS) is 1. The summed E-state index contributed by atoms with van der Waals surface area (Å²) in [5.41, 5.74) is 1.52. The van der Waals surface area contributed by atoms with Crippen LogP contribution >= 0.6 is 0 Å². The number of hydrogen-bond donors (Lipinski definition) is 2. The molecule has 5 heteroatoms. The van der Waals surface area contributed by atoms with Crippen LogP contribution in [0.3, 0.4) is 0 Å². The van der Waals surface area contributed by atoms with Crippen molar-refractivity contribution in [1.29, 1.82) is 0 Å². The number of rotatable bonds is 7. The van der Waals surface area contributed by atoms with E-state index in [-0.39, 0.29) is 12.5 Å². The normalized spacial score (nSPS) is 16.8. The minimum atomic E-state index is -0.882. The summed E-state index contributed by atoms with van der Waals surface area (Å²) in [5.74, 6) is -0.459. The van der Waals surface area contributed by atoms with Gasteiger partial charge in [-0.25, -0.2) is 0 Å². The van der Waals surface area contributed by atoms with Gasteiger partial charge in [-0.1, -0.05) is 38.1 Å². The first-order chi connectivity index (χ1) is 11.4. The number of nitrogens with one attached hydrogen (secondary N) is 1. The Labute approximate surface area is 143 Å². The van der Waals surface area contributed by atoms with Crippen molar-refractivity contribution in [2.24, 2.45) is 5.41 Å². The lowest BCUT2D eigenvalue weighted by atomic mass is 9.80. The lowest BCUT2D eigenvalue weighted by Gasteiger charge is -2.33. The number of aliphatic carboxylic acids is 1. The third kappa shape index (κ3) is 4.81. The van der Waals surface area contributed by atoms with Crippen molar-refractivity contribution in [3.05, 3.63) is 35.4 Å². The molecule has 0 saturated carbocycles. The number of carbonyl (C=O) groups excluding carboxylic acids is 1. The zero-order valence-corrected chi connectivity index (χ0v) is 14.5. The molecule has 1 heterocycles. The van der Waals surface area contributed by atoms with Crippen LogP contribution in [0, 0.1) is 5.41 Å². The van der Waals surface area contributed by atoms with Crippen molar-refractivity contribution in [1.82, 2.24) is 5.32 Å². The van der Waals surface area contributed by atoms with Crippen LogP contribution in [0.1, 0.15) is 50.2 Å².